The van der Waals surface area contributed by atoms with Gasteiger partial charge in [-0.25, -0.2) is 4.79 Å². The molecule has 0 aromatic carbocycles. The van der Waals surface area contributed by atoms with E-state index in [-0.39, 0.29) is 12.1 Å². The Hall–Kier alpha value is -2.88. The highest BCUT2D eigenvalue weighted by molar-refractivity contribution is 5.88. The number of hydrogen-bond donors (Lipinski definition) is 2. The van der Waals surface area contributed by atoms with Crippen LogP contribution in [0.2, 0.25) is 0 Å². The largest absolute Gasteiger partial charge is 0.478 e. The summed E-state index contributed by atoms with van der Waals surface area (Å²) in [5.41, 5.74) is 2.00. The van der Waals surface area contributed by atoms with E-state index in [2.05, 4.69) is 21.6 Å². The van der Waals surface area contributed by atoms with Crippen molar-refractivity contribution in [1.82, 2.24) is 10.2 Å². The van der Waals surface area contributed by atoms with Gasteiger partial charge in [-0.2, -0.15) is 10.4 Å². The zero-order valence-corrected chi connectivity index (χ0v) is 11.9. The van der Waals surface area contributed by atoms with Gasteiger partial charge in [0.1, 0.15) is 28.7 Å². The molecule has 0 unspecified atom stereocenters. The van der Waals surface area contributed by atoms with Crippen LogP contribution in [0.3, 0.4) is 0 Å². The summed E-state index contributed by atoms with van der Waals surface area (Å²) in [5, 5.41) is 29.0. The molecular weight excluding hydrogens is 272 g/mol. The summed E-state index contributed by atoms with van der Waals surface area (Å²) in [6.07, 6.45) is 0. The predicted molar refractivity (Wildman–Crippen MR) is 74.0 cm³/mol. The smallest absolute Gasteiger partial charge is 0.339 e. The molecule has 0 spiro atoms. The normalized spacial score (nSPS) is 10.2. The van der Waals surface area contributed by atoms with Gasteiger partial charge in [0.05, 0.1) is 12.2 Å². The van der Waals surface area contributed by atoms with Gasteiger partial charge in [-0.3, -0.25) is 0 Å². The monoisotopic (exact) mass is 286 g/mol. The molecule has 0 aliphatic carbocycles. The predicted octanol–water partition coefficient (Wildman–Crippen LogP) is 2.18. The standard InChI is InChI=1S/C14H14N4O3/c1-7-8(2)17-18-13(12(7)5-15)16-6-10-4-11(14(19)20)9(3)21-10/h4H,6H2,1-3H3,(H,16,18)(H,19,20). The number of aromatic carboxylic acids is 1. The lowest BCUT2D eigenvalue weighted by Gasteiger charge is -2.08. The highest BCUT2D eigenvalue weighted by Crippen LogP contribution is 2.19. The van der Waals surface area contributed by atoms with Crippen LogP contribution < -0.4 is 5.32 Å². The second kappa shape index (κ2) is 5.63. The molecule has 0 fully saturated rings. The Bertz CT molecular complexity index is 743. The molecule has 7 nitrogen and oxygen atoms in total. The number of anilines is 1. The molecule has 2 heterocycles. The van der Waals surface area contributed by atoms with E-state index in [4.69, 9.17) is 9.52 Å². The van der Waals surface area contributed by atoms with Crippen molar-refractivity contribution in [2.24, 2.45) is 0 Å². The molecule has 2 N–H and O–H groups in total. The number of rotatable bonds is 4. The fourth-order valence-electron chi connectivity index (χ4n) is 1.88. The van der Waals surface area contributed by atoms with Crippen molar-refractivity contribution < 1.29 is 14.3 Å². The van der Waals surface area contributed by atoms with Gasteiger partial charge in [-0.05, 0) is 32.4 Å². The van der Waals surface area contributed by atoms with Crippen molar-refractivity contribution in [2.45, 2.75) is 27.3 Å². The summed E-state index contributed by atoms with van der Waals surface area (Å²) in [5.74, 6) is 0.109. The molecule has 0 atom stereocenters. The fourth-order valence-corrected chi connectivity index (χ4v) is 1.88. The quantitative estimate of drug-likeness (QED) is 0.885. The zero-order valence-electron chi connectivity index (χ0n) is 11.9. The molecule has 0 aliphatic heterocycles. The van der Waals surface area contributed by atoms with Gasteiger partial charge in [0.15, 0.2) is 5.82 Å². The van der Waals surface area contributed by atoms with Crippen LogP contribution in [0, 0.1) is 32.1 Å². The van der Waals surface area contributed by atoms with Crippen molar-refractivity contribution in [3.63, 3.8) is 0 Å². The first-order valence-corrected chi connectivity index (χ1v) is 6.24. The lowest BCUT2D eigenvalue weighted by Crippen LogP contribution is -2.07. The molecule has 0 saturated carbocycles. The van der Waals surface area contributed by atoms with Crippen LogP contribution in [0.1, 0.15) is 38.7 Å². The first-order chi connectivity index (χ1) is 9.93. The number of aromatic nitrogens is 2. The maximum absolute atomic E-state index is 10.9. The van der Waals surface area contributed by atoms with Crippen LogP contribution in [0.25, 0.3) is 0 Å². The number of aryl methyl sites for hydroxylation is 2. The van der Waals surface area contributed by atoms with Crippen molar-refractivity contribution in [3.8, 4) is 6.07 Å². The fraction of sp³-hybridized carbons (Fsp3) is 0.286. The number of nitriles is 1. The second-order valence-electron chi connectivity index (χ2n) is 4.59. The van der Waals surface area contributed by atoms with E-state index in [1.807, 2.05) is 0 Å². The van der Waals surface area contributed by atoms with Gasteiger partial charge in [-0.15, -0.1) is 5.10 Å². The molecule has 0 radical (unpaired) electrons. The first kappa shape index (κ1) is 14.5. The molecule has 0 saturated heterocycles. The molecular formula is C14H14N4O3. The summed E-state index contributed by atoms with van der Waals surface area (Å²) < 4.78 is 5.35. The molecule has 0 amide bonds. The Kier molecular flexibility index (Phi) is 3.89. The maximum Gasteiger partial charge on any atom is 0.339 e. The first-order valence-electron chi connectivity index (χ1n) is 6.24. The number of nitrogens with one attached hydrogen (secondary N) is 1. The van der Waals surface area contributed by atoms with Crippen LogP contribution in [-0.2, 0) is 6.54 Å². The van der Waals surface area contributed by atoms with Gasteiger partial charge in [0.2, 0.25) is 0 Å². The molecule has 2 aromatic rings. The molecule has 0 aliphatic rings. The van der Waals surface area contributed by atoms with Crippen LogP contribution in [-0.4, -0.2) is 21.3 Å². The average molecular weight is 286 g/mol. The number of hydrogen-bond acceptors (Lipinski definition) is 6. The van der Waals surface area contributed by atoms with Crippen molar-refractivity contribution in [1.29, 1.82) is 5.26 Å². The minimum atomic E-state index is -1.04. The van der Waals surface area contributed by atoms with Crippen molar-refractivity contribution >= 4 is 11.8 Å². The number of carboxylic acids is 1. The van der Waals surface area contributed by atoms with Gasteiger partial charge < -0.3 is 14.8 Å². The molecule has 21 heavy (non-hydrogen) atoms. The summed E-state index contributed by atoms with van der Waals surface area (Å²) >= 11 is 0. The topological polar surface area (TPSA) is 112 Å². The Morgan fingerprint density at radius 1 is 1.43 bits per heavy atom. The second-order valence-corrected chi connectivity index (χ2v) is 4.59. The molecule has 2 aromatic heterocycles. The number of furan rings is 1. The summed E-state index contributed by atoms with van der Waals surface area (Å²) in [6, 6.07) is 3.54. The summed E-state index contributed by atoms with van der Waals surface area (Å²) in [4.78, 5) is 10.9. The summed E-state index contributed by atoms with van der Waals surface area (Å²) in [6.45, 7) is 5.39. The van der Waals surface area contributed by atoms with Gasteiger partial charge in [-0.1, -0.05) is 0 Å². The van der Waals surface area contributed by atoms with Gasteiger partial charge in [0, 0.05) is 0 Å². The number of nitrogens with zero attached hydrogens (tertiary/aromatic N) is 3. The van der Waals surface area contributed by atoms with E-state index < -0.39 is 5.97 Å². The van der Waals surface area contributed by atoms with Crippen LogP contribution >= 0.6 is 0 Å². The van der Waals surface area contributed by atoms with Crippen molar-refractivity contribution in [2.75, 3.05) is 5.32 Å². The molecule has 0 bridgehead atoms. The number of carboxylic acid groups (broad SMARTS) is 1. The highest BCUT2D eigenvalue weighted by atomic mass is 16.4. The van der Waals surface area contributed by atoms with E-state index >= 15 is 0 Å². The van der Waals surface area contributed by atoms with Crippen molar-refractivity contribution in [3.05, 3.63) is 40.0 Å². The Balaban J connectivity index is 2.21. The summed E-state index contributed by atoms with van der Waals surface area (Å²) in [7, 11) is 0. The third-order valence-corrected chi connectivity index (χ3v) is 3.20. The SMILES string of the molecule is Cc1nnc(NCc2cc(C(=O)O)c(C)o2)c(C#N)c1C. The van der Waals surface area contributed by atoms with E-state index in [1.165, 1.54) is 6.07 Å². The molecule has 7 heteroatoms. The van der Waals surface area contributed by atoms with E-state index in [0.29, 0.717) is 28.6 Å². The van der Waals surface area contributed by atoms with Crippen LogP contribution in [0.5, 0.6) is 0 Å². The minimum absolute atomic E-state index is 0.124. The van der Waals surface area contributed by atoms with Gasteiger partial charge in [0.25, 0.3) is 0 Å². The highest BCUT2D eigenvalue weighted by Gasteiger charge is 2.15. The molecule has 108 valence electrons. The lowest BCUT2D eigenvalue weighted by molar-refractivity contribution is 0.0695. The van der Waals surface area contributed by atoms with E-state index in [0.717, 1.165) is 5.56 Å². The average Bonchev–Trinajstić information content (AvgIpc) is 2.81. The zero-order chi connectivity index (χ0) is 15.6. The van der Waals surface area contributed by atoms with Crippen LogP contribution in [0.15, 0.2) is 10.5 Å². The Morgan fingerprint density at radius 2 is 2.14 bits per heavy atom. The Labute approximate surface area is 121 Å². The number of carbonyl (C=O) groups is 1. The Morgan fingerprint density at radius 3 is 2.71 bits per heavy atom. The van der Waals surface area contributed by atoms with Gasteiger partial charge >= 0.3 is 5.97 Å². The molecule has 2 rings (SSSR count). The minimum Gasteiger partial charge on any atom is -0.478 e. The lowest BCUT2D eigenvalue weighted by atomic mass is 10.1. The van der Waals surface area contributed by atoms with E-state index in [1.54, 1.807) is 20.8 Å². The van der Waals surface area contributed by atoms with E-state index in [9.17, 15) is 10.1 Å². The maximum atomic E-state index is 10.9. The van der Waals surface area contributed by atoms with Crippen LogP contribution in [0.4, 0.5) is 5.82 Å². The third-order valence-electron chi connectivity index (χ3n) is 3.20. The third kappa shape index (κ3) is 2.84.